The summed E-state index contributed by atoms with van der Waals surface area (Å²) >= 11 is 0. The smallest absolute Gasteiger partial charge is 0.206 e. The van der Waals surface area contributed by atoms with E-state index in [4.69, 9.17) is 10.5 Å². The Morgan fingerprint density at radius 3 is 2.71 bits per heavy atom. The molecule has 0 unspecified atom stereocenters. The van der Waals surface area contributed by atoms with Gasteiger partial charge < -0.3 is 15.6 Å². The molecule has 3 N–H and O–H groups in total. The number of nitrogens with two attached hydrogens (primary N) is 1. The summed E-state index contributed by atoms with van der Waals surface area (Å²) in [5.74, 6) is 0.466. The zero-order chi connectivity index (χ0) is 15.0. The molecule has 6 heteroatoms. The Bertz CT molecular complexity index is 841. The lowest BCUT2D eigenvalue weighted by atomic mass is 10.2. The van der Waals surface area contributed by atoms with Gasteiger partial charge in [0.05, 0.1) is 9.80 Å². The Balaban J connectivity index is 1.86. The molecule has 5 nitrogen and oxygen atoms in total. The van der Waals surface area contributed by atoms with Crippen LogP contribution >= 0.6 is 0 Å². The van der Waals surface area contributed by atoms with E-state index in [9.17, 15) is 13.5 Å². The van der Waals surface area contributed by atoms with Gasteiger partial charge in [0, 0.05) is 11.8 Å². The van der Waals surface area contributed by atoms with Gasteiger partial charge in [-0.1, -0.05) is 6.07 Å². The van der Waals surface area contributed by atoms with E-state index in [1.54, 1.807) is 30.3 Å². The third kappa shape index (κ3) is 2.45. The second-order valence-corrected chi connectivity index (χ2v) is 6.67. The van der Waals surface area contributed by atoms with Crippen LogP contribution < -0.4 is 10.5 Å². The predicted octanol–water partition coefficient (Wildman–Crippen LogP) is 2.18. The fourth-order valence-corrected chi connectivity index (χ4v) is 3.62. The zero-order valence-electron chi connectivity index (χ0n) is 11.0. The van der Waals surface area contributed by atoms with Crippen LogP contribution in [0.25, 0.3) is 6.08 Å². The number of benzene rings is 2. The van der Waals surface area contributed by atoms with Gasteiger partial charge in [0.15, 0.2) is 0 Å². The Morgan fingerprint density at radius 2 is 1.95 bits per heavy atom. The van der Waals surface area contributed by atoms with Gasteiger partial charge in [0.1, 0.15) is 18.1 Å². The van der Waals surface area contributed by atoms with Crippen LogP contribution in [-0.2, 0) is 9.84 Å². The molecule has 1 aliphatic heterocycles. The molecular weight excluding hydrogens is 290 g/mol. The topological polar surface area (TPSA) is 89.6 Å². The third-order valence-electron chi connectivity index (χ3n) is 3.18. The minimum atomic E-state index is -3.53. The minimum absolute atomic E-state index is 0.0619. The molecule has 0 aromatic heterocycles. The minimum Gasteiger partial charge on any atom is -0.508 e. The number of aromatic hydroxyl groups is 1. The molecule has 1 heterocycles. The number of anilines is 1. The maximum atomic E-state index is 12.3. The Labute approximate surface area is 122 Å². The van der Waals surface area contributed by atoms with Crippen molar-refractivity contribution in [3.05, 3.63) is 52.9 Å². The Morgan fingerprint density at radius 1 is 1.14 bits per heavy atom. The molecule has 0 fully saturated rings. The number of ether oxygens (including phenoxy) is 1. The van der Waals surface area contributed by atoms with Crippen molar-refractivity contribution < 1.29 is 18.3 Å². The molecule has 2 aromatic carbocycles. The lowest BCUT2D eigenvalue weighted by molar-refractivity contribution is 0.356. The molecule has 1 aliphatic rings. The molecule has 0 atom stereocenters. The first kappa shape index (κ1) is 13.5. The lowest BCUT2D eigenvalue weighted by Gasteiger charge is -2.07. The van der Waals surface area contributed by atoms with E-state index >= 15 is 0 Å². The Kier molecular flexibility index (Phi) is 3.10. The van der Waals surface area contributed by atoms with Crippen molar-refractivity contribution in [1.82, 2.24) is 0 Å². The van der Waals surface area contributed by atoms with Crippen molar-refractivity contribution in [1.29, 1.82) is 0 Å². The summed E-state index contributed by atoms with van der Waals surface area (Å²) in [6.45, 7) is -0.0969. The lowest BCUT2D eigenvalue weighted by Crippen LogP contribution is -2.09. The summed E-state index contributed by atoms with van der Waals surface area (Å²) < 4.78 is 30.1. The van der Waals surface area contributed by atoms with Crippen molar-refractivity contribution in [3.63, 3.8) is 0 Å². The van der Waals surface area contributed by atoms with E-state index < -0.39 is 9.84 Å². The molecule has 108 valence electrons. The first-order valence-electron chi connectivity index (χ1n) is 6.24. The monoisotopic (exact) mass is 303 g/mol. The van der Waals surface area contributed by atoms with E-state index in [0.717, 1.165) is 0 Å². The number of fused-ring (bicyclic) bond motifs is 1. The van der Waals surface area contributed by atoms with Crippen molar-refractivity contribution in [2.75, 3.05) is 12.3 Å². The number of hydrogen-bond acceptors (Lipinski definition) is 5. The fraction of sp³-hybridized carbons (Fsp3) is 0.0667. The summed E-state index contributed by atoms with van der Waals surface area (Å²) in [4.78, 5) is 0.414. The average Bonchev–Trinajstić information content (AvgIpc) is 2.67. The standard InChI is InChI=1S/C15H13NO4S/c16-11-4-5-15-10(6-11)7-14(21(15,18)19)9-20-13-3-1-2-12(17)8-13/h1-8,17H,9,16H2. The number of phenolic OH excluding ortho intramolecular Hbond substituents is 1. The van der Waals surface area contributed by atoms with Gasteiger partial charge in [0.2, 0.25) is 9.84 Å². The van der Waals surface area contributed by atoms with Crippen molar-refractivity contribution in [2.45, 2.75) is 4.90 Å². The third-order valence-corrected chi connectivity index (χ3v) is 5.06. The maximum absolute atomic E-state index is 12.3. The molecule has 0 amide bonds. The summed E-state index contributed by atoms with van der Waals surface area (Å²) in [6, 6.07) is 10.9. The van der Waals surface area contributed by atoms with Gasteiger partial charge in [0.25, 0.3) is 0 Å². The van der Waals surface area contributed by atoms with Crippen LogP contribution in [0.2, 0.25) is 0 Å². The van der Waals surface area contributed by atoms with Gasteiger partial charge in [-0.15, -0.1) is 0 Å². The first-order valence-corrected chi connectivity index (χ1v) is 7.72. The van der Waals surface area contributed by atoms with Crippen LogP contribution in [-0.4, -0.2) is 20.1 Å². The average molecular weight is 303 g/mol. The highest BCUT2D eigenvalue weighted by atomic mass is 32.2. The van der Waals surface area contributed by atoms with Gasteiger partial charge in [-0.05, 0) is 42.0 Å². The van der Waals surface area contributed by atoms with E-state index in [-0.39, 0.29) is 22.2 Å². The van der Waals surface area contributed by atoms with Crippen molar-refractivity contribution in [2.24, 2.45) is 0 Å². The largest absolute Gasteiger partial charge is 0.508 e. The predicted molar refractivity (Wildman–Crippen MR) is 79.6 cm³/mol. The summed E-state index contributed by atoms with van der Waals surface area (Å²) in [5.41, 5.74) is 6.75. The second-order valence-electron chi connectivity index (χ2n) is 4.70. The molecule has 0 saturated carbocycles. The number of rotatable bonds is 3. The van der Waals surface area contributed by atoms with Crippen LogP contribution in [0.4, 0.5) is 5.69 Å². The van der Waals surface area contributed by atoms with E-state index in [2.05, 4.69) is 0 Å². The van der Waals surface area contributed by atoms with Crippen LogP contribution in [0.5, 0.6) is 11.5 Å². The highest BCUT2D eigenvalue weighted by Gasteiger charge is 2.29. The van der Waals surface area contributed by atoms with Crippen molar-refractivity contribution in [3.8, 4) is 11.5 Å². The molecule has 0 radical (unpaired) electrons. The van der Waals surface area contributed by atoms with E-state index in [0.29, 0.717) is 17.0 Å². The molecule has 0 spiro atoms. The first-order chi connectivity index (χ1) is 9.96. The van der Waals surface area contributed by atoms with Gasteiger partial charge in [-0.2, -0.15) is 0 Å². The van der Waals surface area contributed by atoms with Gasteiger partial charge in [-0.25, -0.2) is 8.42 Å². The SMILES string of the molecule is Nc1ccc2c(c1)C=C(COc1cccc(O)c1)S2(=O)=O. The molecule has 2 aromatic rings. The molecule has 0 aliphatic carbocycles. The Hall–Kier alpha value is -2.47. The van der Waals surface area contributed by atoms with Gasteiger partial charge >= 0.3 is 0 Å². The highest BCUT2D eigenvalue weighted by Crippen LogP contribution is 2.34. The highest BCUT2D eigenvalue weighted by molar-refractivity contribution is 7.95. The summed E-state index contributed by atoms with van der Waals surface area (Å²) in [5, 5.41) is 9.35. The molecular formula is C15H13NO4S. The summed E-state index contributed by atoms with van der Waals surface area (Å²) in [6.07, 6.45) is 1.56. The molecule has 0 bridgehead atoms. The second kappa shape index (κ2) is 4.82. The maximum Gasteiger partial charge on any atom is 0.206 e. The number of nitrogen functional groups attached to an aromatic ring is 1. The van der Waals surface area contributed by atoms with Crippen LogP contribution in [0.3, 0.4) is 0 Å². The summed E-state index contributed by atoms with van der Waals surface area (Å²) in [7, 11) is -3.53. The number of phenols is 1. The van der Waals surface area contributed by atoms with Gasteiger partial charge in [-0.3, -0.25) is 0 Å². The number of sulfone groups is 1. The molecule has 3 rings (SSSR count). The number of hydrogen-bond donors (Lipinski definition) is 2. The fourth-order valence-electron chi connectivity index (χ4n) is 2.16. The molecule has 21 heavy (non-hydrogen) atoms. The zero-order valence-corrected chi connectivity index (χ0v) is 11.8. The van der Waals surface area contributed by atoms with E-state index in [1.807, 2.05) is 0 Å². The quantitative estimate of drug-likeness (QED) is 0.848. The van der Waals surface area contributed by atoms with Crippen LogP contribution in [0, 0.1) is 0 Å². The molecule has 0 saturated heterocycles. The van der Waals surface area contributed by atoms with E-state index in [1.165, 1.54) is 18.2 Å². The van der Waals surface area contributed by atoms with Crippen LogP contribution in [0.1, 0.15) is 5.56 Å². The van der Waals surface area contributed by atoms with Crippen LogP contribution in [0.15, 0.2) is 52.3 Å². The van der Waals surface area contributed by atoms with Crippen molar-refractivity contribution >= 4 is 21.6 Å². The normalized spacial score (nSPS) is 15.3.